The maximum Gasteiger partial charge on any atom is 0.0554 e. The van der Waals surface area contributed by atoms with Crippen LogP contribution < -0.4 is 20.0 Å². The Morgan fingerprint density at radius 3 is 1.00 bits per heavy atom. The van der Waals surface area contributed by atoms with Crippen LogP contribution in [0.3, 0.4) is 0 Å². The molecule has 0 heterocycles. The van der Waals surface area contributed by atoms with E-state index >= 15 is 0 Å². The highest BCUT2D eigenvalue weighted by atomic mass is 15.2. The molecule has 0 saturated carbocycles. The van der Waals surface area contributed by atoms with E-state index in [1.807, 2.05) is 0 Å². The Morgan fingerprint density at radius 1 is 0.296 bits per heavy atom. The monoisotopic (exact) mass is 1040 g/mol. The van der Waals surface area contributed by atoms with Crippen molar-refractivity contribution in [3.8, 4) is 33.4 Å². The fraction of sp³-hybridized carbons (Fsp3) is 0.0649. The zero-order valence-electron chi connectivity index (χ0n) is 45.6. The molecular formula is C77H62N4. The molecule has 13 rings (SSSR count). The molecule has 1 aliphatic rings. The number of hydrogen-bond donors (Lipinski definition) is 1. The minimum absolute atomic E-state index is 0.0700. The van der Waals surface area contributed by atoms with Gasteiger partial charge in [-0.15, -0.1) is 0 Å². The van der Waals surface area contributed by atoms with Crippen LogP contribution in [0.5, 0.6) is 0 Å². The Kier molecular flexibility index (Phi) is 13.9. The van der Waals surface area contributed by atoms with Crippen molar-refractivity contribution >= 4 is 56.9 Å². The Labute approximate surface area is 477 Å². The molecule has 1 unspecified atom stereocenters. The van der Waals surface area contributed by atoms with Gasteiger partial charge in [0.25, 0.3) is 0 Å². The van der Waals surface area contributed by atoms with Crippen molar-refractivity contribution in [1.82, 2.24) is 0 Å². The van der Waals surface area contributed by atoms with Gasteiger partial charge in [0, 0.05) is 62.3 Å². The topological polar surface area (TPSA) is 21.8 Å². The van der Waals surface area contributed by atoms with Gasteiger partial charge in [-0.2, -0.15) is 0 Å². The van der Waals surface area contributed by atoms with Crippen LogP contribution in [0.4, 0.5) is 56.9 Å². The van der Waals surface area contributed by atoms with Crippen LogP contribution in [-0.2, 0) is 11.8 Å². The fourth-order valence-electron chi connectivity index (χ4n) is 11.8. The van der Waals surface area contributed by atoms with Crippen LogP contribution >= 0.6 is 0 Å². The number of para-hydroxylation sites is 3. The van der Waals surface area contributed by atoms with Gasteiger partial charge >= 0.3 is 0 Å². The third-order valence-electron chi connectivity index (χ3n) is 16.0. The summed E-state index contributed by atoms with van der Waals surface area (Å²) in [5.41, 5.74) is 23.2. The van der Waals surface area contributed by atoms with Gasteiger partial charge in [-0.1, -0.05) is 208 Å². The molecule has 0 radical (unpaired) electrons. The summed E-state index contributed by atoms with van der Waals surface area (Å²) in [5, 5.41) is 3.94. The molecule has 12 aromatic carbocycles. The number of benzene rings is 12. The van der Waals surface area contributed by atoms with Crippen LogP contribution in [0.1, 0.15) is 42.1 Å². The smallest absolute Gasteiger partial charge is 0.0554 e. The molecule has 4 nitrogen and oxygen atoms in total. The summed E-state index contributed by atoms with van der Waals surface area (Å²) in [4.78, 5) is 7.10. The van der Waals surface area contributed by atoms with Crippen molar-refractivity contribution in [2.45, 2.75) is 31.7 Å². The summed E-state index contributed by atoms with van der Waals surface area (Å²) in [6, 6.07) is 114. The van der Waals surface area contributed by atoms with E-state index < -0.39 is 0 Å². The molecule has 0 aromatic heterocycles. The molecule has 1 aliphatic carbocycles. The highest BCUT2D eigenvalue weighted by molar-refractivity contribution is 5.89. The first kappa shape index (κ1) is 50.4. The van der Waals surface area contributed by atoms with Crippen molar-refractivity contribution in [2.75, 3.05) is 20.0 Å². The highest BCUT2D eigenvalue weighted by Gasteiger charge is 2.37. The summed E-state index contributed by atoms with van der Waals surface area (Å²) in [5.74, 6) is 0. The SMILES string of the molecule is CC1(C)c2cc(N(c3ccccc3)c3ccc(NC(Cc4ccccc4)c4ccc(-c5ccccc5)cc4)cc3)ccc2-c2ccc(N(c3ccccc3)c3ccc(N(c4ccccc4)c4ccc(-c5ccccc5)cc4)cc3)cc21. The molecule has 4 heteroatoms. The van der Waals surface area contributed by atoms with E-state index in [2.05, 4.69) is 349 Å². The van der Waals surface area contributed by atoms with Gasteiger partial charge < -0.3 is 20.0 Å². The lowest BCUT2D eigenvalue weighted by Gasteiger charge is -2.30. The quantitative estimate of drug-likeness (QED) is 0.104. The van der Waals surface area contributed by atoms with E-state index in [0.717, 1.165) is 63.3 Å². The van der Waals surface area contributed by atoms with Crippen molar-refractivity contribution < 1.29 is 0 Å². The Balaban J connectivity index is 0.800. The maximum absolute atomic E-state index is 3.94. The number of hydrogen-bond acceptors (Lipinski definition) is 4. The molecule has 1 atom stereocenters. The van der Waals surface area contributed by atoms with Gasteiger partial charge in [-0.05, 0) is 183 Å². The van der Waals surface area contributed by atoms with Crippen LogP contribution in [0.2, 0.25) is 0 Å². The molecule has 81 heavy (non-hydrogen) atoms. The average Bonchev–Trinajstić information content (AvgIpc) is 4.00. The summed E-state index contributed by atoms with van der Waals surface area (Å²) in [6.45, 7) is 4.76. The van der Waals surface area contributed by atoms with E-state index in [1.54, 1.807) is 0 Å². The van der Waals surface area contributed by atoms with E-state index in [0.29, 0.717) is 0 Å². The molecule has 0 saturated heterocycles. The van der Waals surface area contributed by atoms with Gasteiger partial charge in [-0.25, -0.2) is 0 Å². The Morgan fingerprint density at radius 2 is 0.593 bits per heavy atom. The average molecular weight is 1040 g/mol. The summed E-state index contributed by atoms with van der Waals surface area (Å²) in [6.07, 6.45) is 0.857. The van der Waals surface area contributed by atoms with Crippen LogP contribution in [0.15, 0.2) is 315 Å². The largest absolute Gasteiger partial charge is 0.378 e. The second kappa shape index (κ2) is 22.3. The Hall–Kier alpha value is -10.2. The predicted molar refractivity (Wildman–Crippen MR) is 342 cm³/mol. The summed E-state index contributed by atoms with van der Waals surface area (Å²) in [7, 11) is 0. The van der Waals surface area contributed by atoms with Gasteiger partial charge in [0.2, 0.25) is 0 Å². The highest BCUT2D eigenvalue weighted by Crippen LogP contribution is 2.53. The van der Waals surface area contributed by atoms with E-state index in [9.17, 15) is 0 Å². The Bertz CT molecular complexity index is 4020. The first-order valence-electron chi connectivity index (χ1n) is 28.1. The molecule has 0 fully saturated rings. The molecular weight excluding hydrogens is 981 g/mol. The lowest BCUT2D eigenvalue weighted by Crippen LogP contribution is -2.18. The lowest BCUT2D eigenvalue weighted by atomic mass is 9.82. The number of rotatable bonds is 16. The zero-order valence-corrected chi connectivity index (χ0v) is 45.6. The van der Waals surface area contributed by atoms with Gasteiger partial charge in [0.15, 0.2) is 0 Å². The van der Waals surface area contributed by atoms with Crippen LogP contribution in [-0.4, -0.2) is 0 Å². The number of fused-ring (bicyclic) bond motifs is 3. The molecule has 12 aromatic rings. The standard InChI is InChI=1S/C77H62N4/c1-77(2)74-54-70(80(64-29-17-7-18-30-64)67-43-39-62(40-44-67)78-76(53-56-21-9-3-10-22-56)61-35-33-59(34-36-61)57-23-11-4-12-24-57)49-51-72(74)73-52-50-71(55-75(73)77)81(65-31-19-8-20-32-65)69-47-45-68(46-48-69)79(63-27-15-6-16-28-63)66-41-37-60(38-42-66)58-25-13-5-14-26-58/h3-52,54-55,76,78H,53H2,1-2H3. The van der Waals surface area contributed by atoms with Crippen molar-refractivity contribution in [3.05, 3.63) is 338 Å². The maximum atomic E-state index is 3.94. The first-order chi connectivity index (χ1) is 39.9. The second-order valence-electron chi connectivity index (χ2n) is 21.4. The zero-order chi connectivity index (χ0) is 54.5. The van der Waals surface area contributed by atoms with E-state index in [1.165, 1.54) is 55.6 Å². The summed E-state index contributed by atoms with van der Waals surface area (Å²) < 4.78 is 0. The van der Waals surface area contributed by atoms with E-state index in [-0.39, 0.29) is 11.5 Å². The van der Waals surface area contributed by atoms with Gasteiger partial charge in [0.05, 0.1) is 6.04 Å². The number of nitrogens with zero attached hydrogens (tertiary/aromatic N) is 3. The first-order valence-corrected chi connectivity index (χ1v) is 28.1. The minimum atomic E-state index is -0.293. The fourth-order valence-corrected chi connectivity index (χ4v) is 11.8. The van der Waals surface area contributed by atoms with Crippen LogP contribution in [0, 0.1) is 0 Å². The number of anilines is 10. The number of nitrogens with one attached hydrogen (secondary N) is 1. The van der Waals surface area contributed by atoms with Crippen LogP contribution in [0.25, 0.3) is 33.4 Å². The molecule has 0 aliphatic heterocycles. The summed E-state index contributed by atoms with van der Waals surface area (Å²) >= 11 is 0. The van der Waals surface area contributed by atoms with Gasteiger partial charge in [0.1, 0.15) is 0 Å². The normalized spacial score (nSPS) is 12.4. The van der Waals surface area contributed by atoms with Crippen molar-refractivity contribution in [1.29, 1.82) is 0 Å². The second-order valence-corrected chi connectivity index (χ2v) is 21.4. The molecule has 0 spiro atoms. The lowest BCUT2D eigenvalue weighted by molar-refractivity contribution is 0.660. The third kappa shape index (κ3) is 10.4. The molecule has 1 N–H and O–H groups in total. The predicted octanol–water partition coefficient (Wildman–Crippen LogP) is 21.1. The third-order valence-corrected chi connectivity index (χ3v) is 16.0. The van der Waals surface area contributed by atoms with Crippen molar-refractivity contribution in [2.24, 2.45) is 0 Å². The van der Waals surface area contributed by atoms with Crippen molar-refractivity contribution in [3.63, 3.8) is 0 Å². The minimum Gasteiger partial charge on any atom is -0.378 e. The van der Waals surface area contributed by atoms with Gasteiger partial charge in [-0.3, -0.25) is 0 Å². The van der Waals surface area contributed by atoms with E-state index in [4.69, 9.17) is 0 Å². The molecule has 0 amide bonds. The molecule has 390 valence electrons. The molecule has 0 bridgehead atoms.